The molecular formula is C24H24N2O2. The zero-order valence-corrected chi connectivity index (χ0v) is 16.0. The predicted molar refractivity (Wildman–Crippen MR) is 114 cm³/mol. The van der Waals surface area contributed by atoms with Crippen molar-refractivity contribution in [1.82, 2.24) is 0 Å². The Morgan fingerprint density at radius 2 is 1.54 bits per heavy atom. The molecule has 0 bridgehead atoms. The van der Waals surface area contributed by atoms with E-state index in [1.165, 1.54) is 5.56 Å². The van der Waals surface area contributed by atoms with Gasteiger partial charge in [-0.25, -0.2) is 0 Å². The van der Waals surface area contributed by atoms with Gasteiger partial charge in [-0.05, 0) is 48.7 Å². The number of para-hydroxylation sites is 1. The van der Waals surface area contributed by atoms with E-state index < -0.39 is 0 Å². The van der Waals surface area contributed by atoms with Crippen LogP contribution in [0.15, 0.2) is 84.9 Å². The second-order valence-corrected chi connectivity index (χ2v) is 6.67. The van der Waals surface area contributed by atoms with E-state index in [-0.39, 0.29) is 11.8 Å². The Balaban J connectivity index is 1.56. The van der Waals surface area contributed by atoms with Crippen molar-refractivity contribution < 1.29 is 9.59 Å². The third kappa shape index (κ3) is 5.30. The normalized spacial score (nSPS) is 10.3. The van der Waals surface area contributed by atoms with Crippen LogP contribution in [0.1, 0.15) is 28.8 Å². The van der Waals surface area contributed by atoms with Crippen LogP contribution >= 0.6 is 0 Å². The molecule has 0 aliphatic heterocycles. The van der Waals surface area contributed by atoms with E-state index in [4.69, 9.17) is 0 Å². The van der Waals surface area contributed by atoms with Crippen molar-refractivity contribution in [2.24, 2.45) is 0 Å². The standard InChI is InChI=1S/C24H24N2O2/c1-26(22-15-6-3-7-16-22)24(28)20-13-9-14-21(18-20)25-23(27)17-8-12-19-10-4-2-5-11-19/h2-7,9-11,13-16,18H,8,12,17H2,1H3,(H,25,27). The molecule has 3 aromatic carbocycles. The highest BCUT2D eigenvalue weighted by atomic mass is 16.2. The molecule has 0 aliphatic rings. The van der Waals surface area contributed by atoms with Gasteiger partial charge < -0.3 is 10.2 Å². The first-order valence-electron chi connectivity index (χ1n) is 9.40. The Bertz CT molecular complexity index is 924. The molecule has 4 nitrogen and oxygen atoms in total. The minimum Gasteiger partial charge on any atom is -0.326 e. The predicted octanol–water partition coefficient (Wildman–Crippen LogP) is 4.92. The molecule has 0 saturated heterocycles. The van der Waals surface area contributed by atoms with Gasteiger partial charge in [0.2, 0.25) is 5.91 Å². The van der Waals surface area contributed by atoms with Crippen molar-refractivity contribution in [2.45, 2.75) is 19.3 Å². The van der Waals surface area contributed by atoms with Crippen LogP contribution < -0.4 is 10.2 Å². The Morgan fingerprint density at radius 1 is 0.857 bits per heavy atom. The molecule has 0 radical (unpaired) electrons. The molecule has 3 aromatic rings. The van der Waals surface area contributed by atoms with Gasteiger partial charge in [-0.3, -0.25) is 9.59 Å². The van der Waals surface area contributed by atoms with Gasteiger partial charge in [-0.15, -0.1) is 0 Å². The van der Waals surface area contributed by atoms with Gasteiger partial charge in [0.05, 0.1) is 0 Å². The van der Waals surface area contributed by atoms with Crippen molar-refractivity contribution in [3.63, 3.8) is 0 Å². The summed E-state index contributed by atoms with van der Waals surface area (Å²) in [6.45, 7) is 0. The van der Waals surface area contributed by atoms with E-state index in [0.717, 1.165) is 18.5 Å². The smallest absolute Gasteiger partial charge is 0.258 e. The van der Waals surface area contributed by atoms with Crippen molar-refractivity contribution >= 4 is 23.2 Å². The van der Waals surface area contributed by atoms with Crippen LogP contribution in [0.25, 0.3) is 0 Å². The number of amides is 2. The molecule has 2 amide bonds. The maximum absolute atomic E-state index is 12.7. The lowest BCUT2D eigenvalue weighted by Crippen LogP contribution is -2.26. The summed E-state index contributed by atoms with van der Waals surface area (Å²) in [5.74, 6) is -0.164. The number of hydrogen-bond donors (Lipinski definition) is 1. The molecule has 0 spiro atoms. The second-order valence-electron chi connectivity index (χ2n) is 6.67. The summed E-state index contributed by atoms with van der Waals surface area (Å²) in [5.41, 5.74) is 3.22. The Labute approximate surface area is 165 Å². The van der Waals surface area contributed by atoms with Crippen LogP contribution in [-0.4, -0.2) is 18.9 Å². The second kappa shape index (κ2) is 9.51. The summed E-state index contributed by atoms with van der Waals surface area (Å²) in [6, 6.07) is 26.7. The maximum Gasteiger partial charge on any atom is 0.258 e. The number of nitrogens with one attached hydrogen (secondary N) is 1. The van der Waals surface area contributed by atoms with Crippen LogP contribution in [0.3, 0.4) is 0 Å². The summed E-state index contributed by atoms with van der Waals surface area (Å²) < 4.78 is 0. The molecule has 0 aliphatic carbocycles. The average molecular weight is 372 g/mol. The van der Waals surface area contributed by atoms with Gasteiger partial charge in [-0.1, -0.05) is 54.6 Å². The summed E-state index contributed by atoms with van der Waals surface area (Å²) in [5, 5.41) is 2.89. The quantitative estimate of drug-likeness (QED) is 0.640. The number of hydrogen-bond acceptors (Lipinski definition) is 2. The van der Waals surface area contributed by atoms with E-state index >= 15 is 0 Å². The van der Waals surface area contributed by atoms with Crippen LogP contribution in [0.4, 0.5) is 11.4 Å². The zero-order chi connectivity index (χ0) is 19.8. The van der Waals surface area contributed by atoms with Gasteiger partial charge >= 0.3 is 0 Å². The lowest BCUT2D eigenvalue weighted by atomic mass is 10.1. The van der Waals surface area contributed by atoms with E-state index in [2.05, 4.69) is 17.4 Å². The third-order valence-electron chi connectivity index (χ3n) is 4.55. The van der Waals surface area contributed by atoms with Crippen molar-refractivity contribution in [3.8, 4) is 0 Å². The molecule has 0 saturated carbocycles. The minimum atomic E-state index is -0.119. The summed E-state index contributed by atoms with van der Waals surface area (Å²) in [7, 11) is 1.74. The molecule has 3 rings (SSSR count). The molecule has 0 aromatic heterocycles. The fourth-order valence-corrected chi connectivity index (χ4v) is 3.01. The lowest BCUT2D eigenvalue weighted by Gasteiger charge is -2.17. The average Bonchev–Trinajstić information content (AvgIpc) is 2.74. The first kappa shape index (κ1) is 19.4. The highest BCUT2D eigenvalue weighted by Gasteiger charge is 2.14. The van der Waals surface area contributed by atoms with Crippen molar-refractivity contribution in [1.29, 1.82) is 0 Å². The number of rotatable bonds is 7. The number of benzene rings is 3. The summed E-state index contributed by atoms with van der Waals surface area (Å²) in [4.78, 5) is 26.6. The Kier molecular flexibility index (Phi) is 6.58. The minimum absolute atomic E-state index is 0.0445. The van der Waals surface area contributed by atoms with Crippen LogP contribution in [-0.2, 0) is 11.2 Å². The number of carbonyl (C=O) groups is 2. The van der Waals surface area contributed by atoms with Gasteiger partial charge in [0.1, 0.15) is 0 Å². The van der Waals surface area contributed by atoms with Gasteiger partial charge in [0, 0.05) is 30.4 Å². The van der Waals surface area contributed by atoms with Crippen molar-refractivity contribution in [3.05, 3.63) is 96.1 Å². The monoisotopic (exact) mass is 372 g/mol. The van der Waals surface area contributed by atoms with Crippen molar-refractivity contribution in [2.75, 3.05) is 17.3 Å². The summed E-state index contributed by atoms with van der Waals surface area (Å²) >= 11 is 0. The molecule has 0 atom stereocenters. The van der Waals surface area contributed by atoms with Gasteiger partial charge in [-0.2, -0.15) is 0 Å². The highest BCUT2D eigenvalue weighted by molar-refractivity contribution is 6.06. The number of nitrogens with zero attached hydrogens (tertiary/aromatic N) is 1. The van der Waals surface area contributed by atoms with Crippen LogP contribution in [0.5, 0.6) is 0 Å². The molecule has 0 unspecified atom stereocenters. The first-order valence-corrected chi connectivity index (χ1v) is 9.40. The molecule has 28 heavy (non-hydrogen) atoms. The van der Waals surface area contributed by atoms with Crippen LogP contribution in [0.2, 0.25) is 0 Å². The molecular weight excluding hydrogens is 348 g/mol. The molecule has 1 N–H and O–H groups in total. The molecule has 0 fully saturated rings. The Hall–Kier alpha value is -3.40. The molecule has 142 valence electrons. The highest BCUT2D eigenvalue weighted by Crippen LogP contribution is 2.18. The maximum atomic E-state index is 12.7. The first-order chi connectivity index (χ1) is 13.6. The van der Waals surface area contributed by atoms with Gasteiger partial charge in [0.15, 0.2) is 0 Å². The fourth-order valence-electron chi connectivity index (χ4n) is 3.01. The van der Waals surface area contributed by atoms with E-state index in [9.17, 15) is 9.59 Å². The molecule has 4 heteroatoms. The van der Waals surface area contributed by atoms with Crippen LogP contribution in [0, 0.1) is 0 Å². The largest absolute Gasteiger partial charge is 0.326 e. The number of anilines is 2. The SMILES string of the molecule is CN(C(=O)c1cccc(NC(=O)CCCc2ccccc2)c1)c1ccccc1. The third-order valence-corrected chi connectivity index (χ3v) is 4.55. The molecule has 0 heterocycles. The Morgan fingerprint density at radius 3 is 2.25 bits per heavy atom. The fraction of sp³-hybridized carbons (Fsp3) is 0.167. The topological polar surface area (TPSA) is 49.4 Å². The lowest BCUT2D eigenvalue weighted by molar-refractivity contribution is -0.116. The zero-order valence-electron chi connectivity index (χ0n) is 16.0. The van der Waals surface area contributed by atoms with E-state index in [0.29, 0.717) is 17.7 Å². The van der Waals surface area contributed by atoms with Gasteiger partial charge in [0.25, 0.3) is 5.91 Å². The summed E-state index contributed by atoms with van der Waals surface area (Å²) in [6.07, 6.45) is 2.09. The number of aryl methyl sites for hydroxylation is 1. The number of carbonyl (C=O) groups excluding carboxylic acids is 2. The van der Waals surface area contributed by atoms with E-state index in [1.54, 1.807) is 36.2 Å². The van der Waals surface area contributed by atoms with E-state index in [1.807, 2.05) is 48.5 Å².